The number of nitrogens with one attached hydrogen (secondary N) is 1. The number of amides is 1. The van der Waals surface area contributed by atoms with Crippen LogP contribution in [0.1, 0.15) is 21.6 Å². The number of pyridine rings is 1. The van der Waals surface area contributed by atoms with E-state index >= 15 is 0 Å². The van der Waals surface area contributed by atoms with Crippen molar-refractivity contribution in [2.75, 3.05) is 27.2 Å². The van der Waals surface area contributed by atoms with Gasteiger partial charge in [-0.3, -0.25) is 9.20 Å². The molecule has 0 aliphatic carbocycles. The molecule has 184 valence electrons. The van der Waals surface area contributed by atoms with Crippen LogP contribution in [0.3, 0.4) is 0 Å². The highest BCUT2D eigenvalue weighted by molar-refractivity contribution is 6.33. The van der Waals surface area contributed by atoms with E-state index in [0.29, 0.717) is 24.5 Å². The molecule has 0 saturated carbocycles. The van der Waals surface area contributed by atoms with E-state index in [1.165, 1.54) is 18.5 Å². The number of hydrogen-bond donors (Lipinski definition) is 1. The standard InChI is InChI=1S/C24H22ClF3N4O3/c1-31(2)9-11-35-18-7-4-3-6-15(18)13-29-23(33)20-21(25)32-14-16(19-8-5-10-34-19)12-17(22(32)30-20)24(26,27)28/h3-8,10,12,14H,9,11,13H2,1-2H3,(H,29,33). The fourth-order valence-corrected chi connectivity index (χ4v) is 3.69. The maximum absolute atomic E-state index is 13.8. The minimum atomic E-state index is -4.73. The molecular weight excluding hydrogens is 485 g/mol. The second-order valence-electron chi connectivity index (χ2n) is 8.00. The molecule has 3 aromatic heterocycles. The number of benzene rings is 1. The molecule has 1 aromatic carbocycles. The molecule has 11 heteroatoms. The van der Waals surface area contributed by atoms with Gasteiger partial charge >= 0.3 is 6.18 Å². The van der Waals surface area contributed by atoms with Crippen molar-refractivity contribution in [3.63, 3.8) is 0 Å². The Bertz CT molecular complexity index is 1330. The van der Waals surface area contributed by atoms with E-state index in [2.05, 4.69) is 10.3 Å². The Morgan fingerprint density at radius 3 is 2.69 bits per heavy atom. The molecular formula is C24H22ClF3N4O3. The number of furan rings is 1. The Labute approximate surface area is 204 Å². The van der Waals surface area contributed by atoms with Gasteiger partial charge in [-0.25, -0.2) is 4.98 Å². The van der Waals surface area contributed by atoms with Gasteiger partial charge < -0.3 is 19.4 Å². The number of nitrogens with zero attached hydrogens (tertiary/aromatic N) is 3. The van der Waals surface area contributed by atoms with Crippen LogP contribution in [0.4, 0.5) is 13.2 Å². The van der Waals surface area contributed by atoms with Gasteiger partial charge in [0.15, 0.2) is 11.3 Å². The quantitative estimate of drug-likeness (QED) is 0.358. The summed E-state index contributed by atoms with van der Waals surface area (Å²) in [4.78, 5) is 18.8. The molecule has 0 unspecified atom stereocenters. The van der Waals surface area contributed by atoms with Crippen molar-refractivity contribution in [2.24, 2.45) is 0 Å². The number of imidazole rings is 1. The number of ether oxygens (including phenoxy) is 1. The molecule has 1 N–H and O–H groups in total. The van der Waals surface area contributed by atoms with Crippen LogP contribution in [0.15, 0.2) is 59.3 Å². The fourth-order valence-electron chi connectivity index (χ4n) is 3.44. The summed E-state index contributed by atoms with van der Waals surface area (Å²) in [6.45, 7) is 1.23. The van der Waals surface area contributed by atoms with Crippen LogP contribution in [0.25, 0.3) is 17.0 Å². The number of para-hydroxylation sites is 1. The van der Waals surface area contributed by atoms with Gasteiger partial charge in [0.2, 0.25) is 0 Å². The van der Waals surface area contributed by atoms with E-state index in [4.69, 9.17) is 20.8 Å². The van der Waals surface area contributed by atoms with Crippen LogP contribution in [0.5, 0.6) is 5.75 Å². The highest BCUT2D eigenvalue weighted by atomic mass is 35.5. The Balaban J connectivity index is 1.61. The molecule has 4 aromatic rings. The molecule has 35 heavy (non-hydrogen) atoms. The third-order valence-corrected chi connectivity index (χ3v) is 5.56. The summed E-state index contributed by atoms with van der Waals surface area (Å²) in [7, 11) is 3.85. The van der Waals surface area contributed by atoms with Crippen LogP contribution in [0, 0.1) is 0 Å². The van der Waals surface area contributed by atoms with Gasteiger partial charge in [0.1, 0.15) is 23.3 Å². The number of fused-ring (bicyclic) bond motifs is 1. The lowest BCUT2D eigenvalue weighted by atomic mass is 10.1. The van der Waals surface area contributed by atoms with E-state index in [1.54, 1.807) is 24.3 Å². The number of carbonyl (C=O) groups is 1. The first-order chi connectivity index (χ1) is 16.6. The molecule has 0 aliphatic rings. The second-order valence-corrected chi connectivity index (χ2v) is 8.36. The third kappa shape index (κ3) is 5.44. The number of likely N-dealkylation sites (N-methyl/N-ethyl adjacent to an activating group) is 1. The van der Waals surface area contributed by atoms with Gasteiger partial charge in [0.05, 0.1) is 11.8 Å². The lowest BCUT2D eigenvalue weighted by Crippen LogP contribution is -2.24. The molecule has 0 bridgehead atoms. The number of halogens is 4. The van der Waals surface area contributed by atoms with Crippen molar-refractivity contribution in [1.29, 1.82) is 0 Å². The minimum Gasteiger partial charge on any atom is -0.492 e. The third-order valence-electron chi connectivity index (χ3n) is 5.20. The summed E-state index contributed by atoms with van der Waals surface area (Å²) in [5, 5.41) is 2.42. The summed E-state index contributed by atoms with van der Waals surface area (Å²) in [6, 6.07) is 11.2. The van der Waals surface area contributed by atoms with Crippen molar-refractivity contribution in [2.45, 2.75) is 12.7 Å². The van der Waals surface area contributed by atoms with Crippen LogP contribution < -0.4 is 10.1 Å². The van der Waals surface area contributed by atoms with Crippen molar-refractivity contribution in [3.05, 3.63) is 76.9 Å². The lowest BCUT2D eigenvalue weighted by Gasteiger charge is -2.14. The molecule has 4 rings (SSSR count). The number of rotatable bonds is 8. The monoisotopic (exact) mass is 506 g/mol. The van der Waals surface area contributed by atoms with Crippen molar-refractivity contribution in [3.8, 4) is 17.1 Å². The molecule has 0 atom stereocenters. The number of alkyl halides is 3. The summed E-state index contributed by atoms with van der Waals surface area (Å²) < 4.78 is 53.5. The van der Waals surface area contributed by atoms with Gasteiger partial charge in [0.25, 0.3) is 5.91 Å². The van der Waals surface area contributed by atoms with E-state index < -0.39 is 23.3 Å². The first-order valence-electron chi connectivity index (χ1n) is 10.6. The summed E-state index contributed by atoms with van der Waals surface area (Å²) in [5.74, 6) is 0.103. The molecule has 0 fully saturated rings. The summed E-state index contributed by atoms with van der Waals surface area (Å²) in [5.41, 5.74) is -0.984. The van der Waals surface area contributed by atoms with E-state index in [-0.39, 0.29) is 28.7 Å². The lowest BCUT2D eigenvalue weighted by molar-refractivity contribution is -0.136. The molecule has 0 radical (unpaired) electrons. The number of carbonyl (C=O) groups excluding carboxylic acids is 1. The highest BCUT2D eigenvalue weighted by Gasteiger charge is 2.36. The Hall–Kier alpha value is -3.50. The first-order valence-corrected chi connectivity index (χ1v) is 11.0. The maximum atomic E-state index is 13.8. The van der Waals surface area contributed by atoms with E-state index in [1.807, 2.05) is 25.1 Å². The van der Waals surface area contributed by atoms with Gasteiger partial charge in [0, 0.05) is 30.4 Å². The molecule has 1 amide bonds. The van der Waals surface area contributed by atoms with Gasteiger partial charge in [-0.1, -0.05) is 29.8 Å². The number of hydrogen-bond acceptors (Lipinski definition) is 5. The van der Waals surface area contributed by atoms with Crippen LogP contribution in [-0.4, -0.2) is 47.4 Å². The van der Waals surface area contributed by atoms with Crippen LogP contribution >= 0.6 is 11.6 Å². The zero-order chi connectivity index (χ0) is 25.2. The molecule has 0 aliphatic heterocycles. The minimum absolute atomic E-state index is 0.0744. The van der Waals surface area contributed by atoms with Gasteiger partial charge in [-0.15, -0.1) is 0 Å². The summed E-state index contributed by atoms with van der Waals surface area (Å²) in [6.07, 6.45) is -2.03. The first kappa shape index (κ1) is 24.6. The average molecular weight is 507 g/mol. The molecule has 7 nitrogen and oxygen atoms in total. The summed E-state index contributed by atoms with van der Waals surface area (Å²) >= 11 is 6.33. The maximum Gasteiger partial charge on any atom is 0.420 e. The largest absolute Gasteiger partial charge is 0.492 e. The van der Waals surface area contributed by atoms with Gasteiger partial charge in [-0.2, -0.15) is 13.2 Å². The second kappa shape index (κ2) is 10.0. The smallest absolute Gasteiger partial charge is 0.420 e. The zero-order valence-electron chi connectivity index (χ0n) is 18.9. The molecule has 0 spiro atoms. The van der Waals surface area contributed by atoms with E-state index in [9.17, 15) is 18.0 Å². The van der Waals surface area contributed by atoms with Crippen molar-refractivity contribution >= 4 is 23.2 Å². The SMILES string of the molecule is CN(C)CCOc1ccccc1CNC(=O)c1nc2c(C(F)(F)F)cc(-c3ccco3)cn2c1Cl. The van der Waals surface area contributed by atoms with E-state index in [0.717, 1.165) is 10.5 Å². The normalized spacial score (nSPS) is 11.9. The zero-order valence-corrected chi connectivity index (χ0v) is 19.7. The molecule has 0 saturated heterocycles. The predicted octanol–water partition coefficient (Wildman–Crippen LogP) is 5.14. The number of aromatic nitrogens is 2. The highest BCUT2D eigenvalue weighted by Crippen LogP contribution is 2.37. The van der Waals surface area contributed by atoms with Crippen molar-refractivity contribution < 1.29 is 27.1 Å². The Morgan fingerprint density at radius 1 is 1.23 bits per heavy atom. The Kier molecular flexibility index (Phi) is 7.04. The predicted molar refractivity (Wildman–Crippen MR) is 125 cm³/mol. The fraction of sp³-hybridized carbons (Fsp3) is 0.250. The average Bonchev–Trinajstić information content (AvgIpc) is 3.45. The van der Waals surface area contributed by atoms with Crippen molar-refractivity contribution in [1.82, 2.24) is 19.6 Å². The van der Waals surface area contributed by atoms with Crippen LogP contribution in [-0.2, 0) is 12.7 Å². The van der Waals surface area contributed by atoms with Gasteiger partial charge in [-0.05, 0) is 38.4 Å². The Morgan fingerprint density at radius 2 is 2.00 bits per heavy atom. The molecule has 3 heterocycles. The van der Waals surface area contributed by atoms with Crippen LogP contribution in [0.2, 0.25) is 5.15 Å². The topological polar surface area (TPSA) is 72.0 Å².